The van der Waals surface area contributed by atoms with E-state index in [4.69, 9.17) is 9.47 Å². The molecule has 9 heteroatoms. The lowest BCUT2D eigenvalue weighted by Crippen LogP contribution is -2.61. The fraction of sp³-hybridized carbons (Fsp3) is 0.720. The molecule has 0 saturated heterocycles. The van der Waals surface area contributed by atoms with Gasteiger partial charge in [-0.1, -0.05) is 0 Å². The molecule has 3 N–H and O–H groups in total. The van der Waals surface area contributed by atoms with Crippen LogP contribution in [0.25, 0.3) is 6.20 Å². The zero-order chi connectivity index (χ0) is 24.7. The van der Waals surface area contributed by atoms with Gasteiger partial charge in [-0.15, -0.1) is 0 Å². The monoisotopic (exact) mass is 474 g/mol. The lowest BCUT2D eigenvalue weighted by Gasteiger charge is -2.58. The molecule has 0 radical (unpaired) electrons. The summed E-state index contributed by atoms with van der Waals surface area (Å²) in [5.41, 5.74) is -0.808. The minimum atomic E-state index is -0.653. The SMILES string of the molecule is COCC(=O)NC(C)(C)/C=C/n1ncc(C(=O)N[C@H]2C3CC4CC2C[C@](O)(C4)C3)c1OC(C)C. The molecule has 9 nitrogen and oxygen atoms in total. The zero-order valence-electron chi connectivity index (χ0n) is 20.8. The Labute approximate surface area is 201 Å². The number of nitrogens with one attached hydrogen (secondary N) is 2. The van der Waals surface area contributed by atoms with Gasteiger partial charge < -0.3 is 25.2 Å². The molecule has 0 spiro atoms. The predicted molar refractivity (Wildman–Crippen MR) is 127 cm³/mol. The Kier molecular flexibility index (Phi) is 6.79. The molecule has 5 rings (SSSR count). The molecule has 4 aliphatic carbocycles. The highest BCUT2D eigenvalue weighted by atomic mass is 16.5. The van der Waals surface area contributed by atoms with Gasteiger partial charge in [-0.2, -0.15) is 5.10 Å². The standard InChI is InChI=1S/C25H38N4O5/c1-15(2)34-23-19(13-26-29(23)7-6-24(3,4)28-20(30)14-33-5)22(31)27-21-17-8-16-9-18(21)12-25(32,10-16)11-17/h6-7,13,15-18,21,32H,8-12,14H2,1-5H3,(H,27,31)(H,28,30)/b7-6+/t16?,17?,18?,21-,25-. The number of rotatable bonds is 9. The van der Waals surface area contributed by atoms with E-state index in [1.54, 1.807) is 12.3 Å². The van der Waals surface area contributed by atoms with E-state index in [1.165, 1.54) is 18.0 Å². The van der Waals surface area contributed by atoms with E-state index >= 15 is 0 Å². The second-order valence-electron chi connectivity index (χ2n) is 11.2. The Morgan fingerprint density at radius 3 is 2.56 bits per heavy atom. The van der Waals surface area contributed by atoms with Crippen LogP contribution in [0, 0.1) is 17.8 Å². The van der Waals surface area contributed by atoms with Gasteiger partial charge in [0.2, 0.25) is 11.8 Å². The third kappa shape index (κ3) is 5.30. The molecule has 4 aliphatic rings. The topological polar surface area (TPSA) is 115 Å². The van der Waals surface area contributed by atoms with Crippen molar-refractivity contribution < 1.29 is 24.2 Å². The lowest BCUT2D eigenvalue weighted by molar-refractivity contribution is -0.137. The van der Waals surface area contributed by atoms with E-state index in [0.717, 1.165) is 32.1 Å². The van der Waals surface area contributed by atoms with Gasteiger partial charge in [0.25, 0.3) is 5.91 Å². The van der Waals surface area contributed by atoms with Gasteiger partial charge in [-0.05, 0) is 83.6 Å². The van der Waals surface area contributed by atoms with E-state index < -0.39 is 11.1 Å². The van der Waals surface area contributed by atoms with Crippen LogP contribution in [0.5, 0.6) is 5.88 Å². The number of hydrogen-bond donors (Lipinski definition) is 3. The summed E-state index contributed by atoms with van der Waals surface area (Å²) in [6, 6.07) is 0.0741. The molecule has 4 bridgehead atoms. The van der Waals surface area contributed by atoms with Crippen LogP contribution in [0.2, 0.25) is 0 Å². The van der Waals surface area contributed by atoms with Crippen molar-refractivity contribution >= 4 is 18.0 Å². The molecule has 1 aromatic heterocycles. The molecule has 34 heavy (non-hydrogen) atoms. The van der Waals surface area contributed by atoms with Gasteiger partial charge in [0, 0.05) is 19.4 Å². The summed E-state index contributed by atoms with van der Waals surface area (Å²) in [5.74, 6) is 1.16. The number of methoxy groups -OCH3 is 1. The number of hydrogen-bond acceptors (Lipinski definition) is 6. The maximum absolute atomic E-state index is 13.3. The Balaban J connectivity index is 1.50. The maximum Gasteiger partial charge on any atom is 0.258 e. The first-order valence-electron chi connectivity index (χ1n) is 12.3. The zero-order valence-corrected chi connectivity index (χ0v) is 20.8. The number of aromatic nitrogens is 2. The Morgan fingerprint density at radius 1 is 1.29 bits per heavy atom. The van der Waals surface area contributed by atoms with Crippen molar-refractivity contribution in [2.45, 2.75) is 83.1 Å². The number of carbonyl (C=O) groups excluding carboxylic acids is 2. The highest BCUT2D eigenvalue weighted by Gasteiger charge is 2.55. The lowest BCUT2D eigenvalue weighted by atomic mass is 9.52. The smallest absolute Gasteiger partial charge is 0.258 e. The van der Waals surface area contributed by atoms with E-state index in [-0.39, 0.29) is 30.6 Å². The first-order valence-corrected chi connectivity index (χ1v) is 12.3. The molecule has 0 aliphatic heterocycles. The molecule has 1 heterocycles. The van der Waals surface area contributed by atoms with Crippen molar-refractivity contribution in [3.8, 4) is 5.88 Å². The minimum absolute atomic E-state index is 0.0215. The number of aliphatic hydroxyl groups is 1. The summed E-state index contributed by atoms with van der Waals surface area (Å²) in [7, 11) is 1.47. The molecule has 0 aromatic carbocycles. The largest absolute Gasteiger partial charge is 0.474 e. The molecular weight excluding hydrogens is 436 g/mol. The average Bonchev–Trinajstić information content (AvgIpc) is 3.09. The summed E-state index contributed by atoms with van der Waals surface area (Å²) < 4.78 is 12.4. The first kappa shape index (κ1) is 24.7. The van der Waals surface area contributed by atoms with Crippen LogP contribution >= 0.6 is 0 Å². The molecule has 2 amide bonds. The second-order valence-corrected chi connectivity index (χ2v) is 11.2. The second kappa shape index (κ2) is 9.34. The van der Waals surface area contributed by atoms with Crippen LogP contribution in [-0.2, 0) is 9.53 Å². The highest BCUT2D eigenvalue weighted by Crippen LogP contribution is 2.55. The van der Waals surface area contributed by atoms with Crippen molar-refractivity contribution in [1.82, 2.24) is 20.4 Å². The quantitative estimate of drug-likeness (QED) is 0.506. The van der Waals surface area contributed by atoms with Crippen LogP contribution in [-0.4, -0.2) is 63.7 Å². The van der Waals surface area contributed by atoms with Crippen molar-refractivity contribution in [1.29, 1.82) is 0 Å². The van der Waals surface area contributed by atoms with Crippen LogP contribution in [0.3, 0.4) is 0 Å². The fourth-order valence-electron chi connectivity index (χ4n) is 6.22. The van der Waals surface area contributed by atoms with Crippen molar-refractivity contribution in [3.63, 3.8) is 0 Å². The molecule has 2 unspecified atom stereocenters. The molecule has 188 valence electrons. The van der Waals surface area contributed by atoms with E-state index in [0.29, 0.717) is 29.2 Å². The van der Waals surface area contributed by atoms with Crippen LogP contribution < -0.4 is 15.4 Å². The van der Waals surface area contributed by atoms with Crippen LogP contribution in [0.1, 0.15) is 70.2 Å². The average molecular weight is 475 g/mol. The third-order valence-electron chi connectivity index (χ3n) is 7.25. The van der Waals surface area contributed by atoms with Gasteiger partial charge in [0.05, 0.1) is 23.4 Å². The predicted octanol–water partition coefficient (Wildman–Crippen LogP) is 2.35. The molecule has 4 fully saturated rings. The summed E-state index contributed by atoms with van der Waals surface area (Å²) in [6.45, 7) is 7.49. The summed E-state index contributed by atoms with van der Waals surface area (Å²) in [4.78, 5) is 25.3. The Hall–Kier alpha value is -2.39. The summed E-state index contributed by atoms with van der Waals surface area (Å²) in [5, 5.41) is 21.3. The van der Waals surface area contributed by atoms with Gasteiger partial charge in [0.15, 0.2) is 0 Å². The summed E-state index contributed by atoms with van der Waals surface area (Å²) in [6.07, 6.45) is 9.46. The van der Waals surface area contributed by atoms with Gasteiger partial charge in [0.1, 0.15) is 12.2 Å². The minimum Gasteiger partial charge on any atom is -0.474 e. The summed E-state index contributed by atoms with van der Waals surface area (Å²) >= 11 is 0. The number of amides is 2. The maximum atomic E-state index is 13.3. The van der Waals surface area contributed by atoms with Crippen molar-refractivity contribution in [3.05, 3.63) is 17.8 Å². The molecule has 4 saturated carbocycles. The molecular formula is C25H38N4O5. The van der Waals surface area contributed by atoms with Crippen LogP contribution in [0.4, 0.5) is 0 Å². The third-order valence-corrected chi connectivity index (χ3v) is 7.25. The normalized spacial score (nSPS) is 30.2. The number of nitrogens with zero attached hydrogens (tertiary/aromatic N) is 2. The van der Waals surface area contributed by atoms with Gasteiger partial charge in [-0.25, -0.2) is 4.68 Å². The fourth-order valence-corrected chi connectivity index (χ4v) is 6.22. The van der Waals surface area contributed by atoms with E-state index in [9.17, 15) is 14.7 Å². The van der Waals surface area contributed by atoms with E-state index in [2.05, 4.69) is 15.7 Å². The molecule has 1 aromatic rings. The number of ether oxygens (including phenoxy) is 2. The molecule has 2 atom stereocenters. The van der Waals surface area contributed by atoms with Gasteiger partial charge >= 0.3 is 0 Å². The Morgan fingerprint density at radius 2 is 1.97 bits per heavy atom. The van der Waals surface area contributed by atoms with Crippen molar-refractivity contribution in [2.24, 2.45) is 17.8 Å². The highest BCUT2D eigenvalue weighted by molar-refractivity contribution is 5.96. The first-order chi connectivity index (χ1) is 16.0. The van der Waals surface area contributed by atoms with Crippen LogP contribution in [0.15, 0.2) is 12.3 Å². The number of carbonyl (C=O) groups is 2. The van der Waals surface area contributed by atoms with Crippen molar-refractivity contribution in [2.75, 3.05) is 13.7 Å². The van der Waals surface area contributed by atoms with E-state index in [1.807, 2.05) is 27.7 Å². The van der Waals surface area contributed by atoms with Gasteiger partial charge in [-0.3, -0.25) is 9.59 Å². The Bertz CT molecular complexity index is 937.